The van der Waals surface area contributed by atoms with E-state index in [1.807, 2.05) is 0 Å². The average Bonchev–Trinajstić information content (AvgIpc) is 2.78. The maximum absolute atomic E-state index is 12.0. The fourth-order valence-electron chi connectivity index (χ4n) is 3.46. The topological polar surface area (TPSA) is 158 Å². The van der Waals surface area contributed by atoms with Crippen LogP contribution in [0.3, 0.4) is 0 Å². The molecule has 5 atom stereocenters. The van der Waals surface area contributed by atoms with Crippen LogP contribution in [0, 0.1) is 17.8 Å². The van der Waals surface area contributed by atoms with Gasteiger partial charge < -0.3 is 26.2 Å². The maximum atomic E-state index is 12.0. The van der Waals surface area contributed by atoms with E-state index >= 15 is 0 Å². The van der Waals surface area contributed by atoms with E-state index in [0.29, 0.717) is 0 Å². The minimum absolute atomic E-state index is 0.0152. The van der Waals surface area contributed by atoms with Gasteiger partial charge in [0.05, 0.1) is 18.4 Å². The average molecular weight is 294 g/mol. The van der Waals surface area contributed by atoms with Crippen LogP contribution < -0.4 is 11.1 Å². The molecule has 9 heteroatoms. The number of carbonyl (C=O) groups is 3. The highest BCUT2D eigenvalue weighted by molar-refractivity contribution is 5.93. The summed E-state index contributed by atoms with van der Waals surface area (Å²) < 4.78 is 0. The van der Waals surface area contributed by atoms with Gasteiger partial charge in [-0.1, -0.05) is 0 Å². The number of carbonyl (C=O) groups excluding carboxylic acids is 1. The lowest BCUT2D eigenvalue weighted by Crippen LogP contribution is -2.52. The number of aromatic nitrogens is 2. The van der Waals surface area contributed by atoms with Crippen LogP contribution >= 0.6 is 0 Å². The molecule has 0 aromatic carbocycles. The molecular weight excluding hydrogens is 280 g/mol. The van der Waals surface area contributed by atoms with E-state index < -0.39 is 47.2 Å². The molecule has 2 saturated carbocycles. The first kappa shape index (κ1) is 13.6. The van der Waals surface area contributed by atoms with E-state index in [9.17, 15) is 19.5 Å². The molecule has 0 spiro atoms. The third-order valence-corrected chi connectivity index (χ3v) is 4.44. The van der Waals surface area contributed by atoms with Gasteiger partial charge in [-0.15, -0.1) is 0 Å². The van der Waals surface area contributed by atoms with Gasteiger partial charge >= 0.3 is 11.9 Å². The number of hydrogen-bond donors (Lipinski definition) is 5. The minimum atomic E-state index is -1.61. The van der Waals surface area contributed by atoms with Gasteiger partial charge in [-0.3, -0.25) is 14.4 Å². The summed E-state index contributed by atoms with van der Waals surface area (Å²) in [6.07, 6.45) is 2.69. The van der Waals surface area contributed by atoms with Crippen LogP contribution in [0.4, 0.5) is 0 Å². The summed E-state index contributed by atoms with van der Waals surface area (Å²) in [6, 6.07) is -0.576. The second-order valence-corrected chi connectivity index (χ2v) is 5.56. The van der Waals surface area contributed by atoms with Crippen molar-refractivity contribution in [2.75, 3.05) is 0 Å². The van der Waals surface area contributed by atoms with Crippen molar-refractivity contribution in [3.8, 4) is 0 Å². The second kappa shape index (κ2) is 4.29. The van der Waals surface area contributed by atoms with E-state index in [1.54, 1.807) is 0 Å². The van der Waals surface area contributed by atoms with Crippen LogP contribution in [-0.2, 0) is 9.59 Å². The number of nitrogens with one attached hydrogen (secondary N) is 2. The summed E-state index contributed by atoms with van der Waals surface area (Å²) in [5.74, 6) is -4.70. The van der Waals surface area contributed by atoms with Gasteiger partial charge in [0.15, 0.2) is 0 Å². The third kappa shape index (κ3) is 1.88. The maximum Gasteiger partial charge on any atom is 0.324 e. The number of fused-ring (bicyclic) bond motifs is 1. The van der Waals surface area contributed by atoms with Crippen LogP contribution in [-0.4, -0.2) is 49.6 Å². The summed E-state index contributed by atoms with van der Waals surface area (Å²) in [4.78, 5) is 40.8. The first-order chi connectivity index (χ1) is 9.86. The van der Waals surface area contributed by atoms with Gasteiger partial charge in [0.2, 0.25) is 0 Å². The Morgan fingerprint density at radius 2 is 2.14 bits per heavy atom. The number of carboxylic acid groups (broad SMARTS) is 2. The zero-order valence-electron chi connectivity index (χ0n) is 10.8. The Morgan fingerprint density at radius 3 is 2.67 bits per heavy atom. The van der Waals surface area contributed by atoms with Gasteiger partial charge in [-0.2, -0.15) is 0 Å². The molecule has 2 fully saturated rings. The molecule has 2 aliphatic rings. The normalized spacial score (nSPS) is 36.8. The Kier molecular flexibility index (Phi) is 2.77. The molecule has 0 unspecified atom stereocenters. The number of rotatable bonds is 4. The lowest BCUT2D eigenvalue weighted by atomic mass is 9.90. The fraction of sp³-hybridized carbons (Fsp3) is 0.500. The highest BCUT2D eigenvalue weighted by Crippen LogP contribution is 2.61. The standard InChI is InChI=1S/C12H14N4O5/c13-12(11(20)21)1-4(6-7(8(6)12)10(18)19)16-9(17)5-2-14-3-15-5/h2-4,6-8H,1,13H2,(H,14,15)(H,16,17)(H,18,19)(H,20,21)/t4-,6-,7-,8+,12-/m1/s1. The fourth-order valence-corrected chi connectivity index (χ4v) is 3.46. The Hall–Kier alpha value is -2.42. The van der Waals surface area contributed by atoms with E-state index in [0.717, 1.165) is 0 Å². The van der Waals surface area contributed by atoms with Crippen LogP contribution in [0.5, 0.6) is 0 Å². The number of aromatic amines is 1. The van der Waals surface area contributed by atoms with Gasteiger partial charge in [0, 0.05) is 12.0 Å². The SMILES string of the molecule is N[C@]1(C(=O)O)C[C@@H](NC(=O)c2cnc[nH]2)[C@@H]2[C@@H](C(=O)O)[C@H]21. The molecule has 1 aromatic heterocycles. The molecule has 2 aliphatic carbocycles. The molecule has 0 aliphatic heterocycles. The summed E-state index contributed by atoms with van der Waals surface area (Å²) in [7, 11) is 0. The molecule has 21 heavy (non-hydrogen) atoms. The summed E-state index contributed by atoms with van der Waals surface area (Å²) >= 11 is 0. The van der Waals surface area contributed by atoms with Crippen molar-refractivity contribution in [3.63, 3.8) is 0 Å². The van der Waals surface area contributed by atoms with Gasteiger partial charge in [-0.25, -0.2) is 4.98 Å². The van der Waals surface area contributed by atoms with Crippen molar-refractivity contribution in [3.05, 3.63) is 18.2 Å². The highest BCUT2D eigenvalue weighted by Gasteiger charge is 2.74. The van der Waals surface area contributed by atoms with Crippen molar-refractivity contribution >= 4 is 17.8 Å². The summed E-state index contributed by atoms with van der Waals surface area (Å²) in [6.45, 7) is 0. The van der Waals surface area contributed by atoms with E-state index in [-0.39, 0.29) is 12.1 Å². The third-order valence-electron chi connectivity index (χ3n) is 4.44. The Labute approximate surface area is 118 Å². The lowest BCUT2D eigenvalue weighted by Gasteiger charge is -2.24. The van der Waals surface area contributed by atoms with Gasteiger partial charge in [0.25, 0.3) is 5.91 Å². The summed E-state index contributed by atoms with van der Waals surface area (Å²) in [5, 5.41) is 21.0. The molecule has 1 aromatic rings. The number of nitrogens with two attached hydrogens (primary N) is 1. The number of carboxylic acids is 2. The van der Waals surface area contributed by atoms with Crippen LogP contribution in [0.15, 0.2) is 12.5 Å². The smallest absolute Gasteiger partial charge is 0.324 e. The van der Waals surface area contributed by atoms with Crippen molar-refractivity contribution in [1.82, 2.24) is 15.3 Å². The number of amides is 1. The molecule has 0 radical (unpaired) electrons. The quantitative estimate of drug-likeness (QED) is 0.458. The Balaban J connectivity index is 1.80. The predicted molar refractivity (Wildman–Crippen MR) is 67.1 cm³/mol. The van der Waals surface area contributed by atoms with Crippen molar-refractivity contribution in [2.24, 2.45) is 23.5 Å². The molecule has 6 N–H and O–H groups in total. The van der Waals surface area contributed by atoms with Crippen LogP contribution in [0.25, 0.3) is 0 Å². The van der Waals surface area contributed by atoms with Crippen molar-refractivity contribution in [2.45, 2.75) is 18.0 Å². The monoisotopic (exact) mass is 294 g/mol. The lowest BCUT2D eigenvalue weighted by molar-refractivity contribution is -0.145. The zero-order valence-corrected chi connectivity index (χ0v) is 10.8. The minimum Gasteiger partial charge on any atom is -0.481 e. The highest BCUT2D eigenvalue weighted by atomic mass is 16.4. The second-order valence-electron chi connectivity index (χ2n) is 5.56. The summed E-state index contributed by atoms with van der Waals surface area (Å²) in [5.41, 5.74) is 4.48. The van der Waals surface area contributed by atoms with Gasteiger partial charge in [-0.05, 0) is 12.3 Å². The number of hydrogen-bond acceptors (Lipinski definition) is 5. The Bertz CT molecular complexity index is 615. The van der Waals surface area contributed by atoms with E-state index in [2.05, 4.69) is 15.3 Å². The first-order valence-corrected chi connectivity index (χ1v) is 6.40. The molecule has 0 saturated heterocycles. The van der Waals surface area contributed by atoms with Gasteiger partial charge in [0.1, 0.15) is 11.2 Å². The van der Waals surface area contributed by atoms with Crippen LogP contribution in [0.2, 0.25) is 0 Å². The van der Waals surface area contributed by atoms with Crippen molar-refractivity contribution in [1.29, 1.82) is 0 Å². The number of aliphatic carboxylic acids is 2. The largest absolute Gasteiger partial charge is 0.481 e. The number of H-pyrrole nitrogens is 1. The number of nitrogens with zero attached hydrogens (tertiary/aromatic N) is 1. The predicted octanol–water partition coefficient (Wildman–Crippen LogP) is -1.36. The van der Waals surface area contributed by atoms with E-state index in [4.69, 9.17) is 10.8 Å². The molecule has 3 rings (SSSR count). The Morgan fingerprint density at radius 1 is 1.43 bits per heavy atom. The van der Waals surface area contributed by atoms with Crippen molar-refractivity contribution < 1.29 is 24.6 Å². The molecule has 0 bridgehead atoms. The molecular formula is C12H14N4O5. The first-order valence-electron chi connectivity index (χ1n) is 6.40. The number of imidazole rings is 1. The molecule has 1 amide bonds. The van der Waals surface area contributed by atoms with Crippen LogP contribution in [0.1, 0.15) is 16.9 Å². The molecule has 9 nitrogen and oxygen atoms in total. The molecule has 112 valence electrons. The molecule has 1 heterocycles. The van der Waals surface area contributed by atoms with E-state index in [1.165, 1.54) is 12.5 Å². The zero-order chi connectivity index (χ0) is 15.4.